The van der Waals surface area contributed by atoms with Crippen LogP contribution in [-0.4, -0.2) is 25.8 Å². The van der Waals surface area contributed by atoms with E-state index in [0.717, 1.165) is 5.56 Å². The van der Waals surface area contributed by atoms with E-state index in [2.05, 4.69) is 15.9 Å². The molecule has 0 atom stereocenters. The molecule has 0 bridgehead atoms. The lowest BCUT2D eigenvalue weighted by Gasteiger charge is -2.17. The Morgan fingerprint density at radius 2 is 1.76 bits per heavy atom. The summed E-state index contributed by atoms with van der Waals surface area (Å²) in [5.41, 5.74) is 0.857. The molecular formula is C12H16BrNO2S. The third-order valence-electron chi connectivity index (χ3n) is 2.37. The Balaban J connectivity index is 3.04. The molecule has 94 valence electrons. The minimum absolute atomic E-state index is 0.194. The van der Waals surface area contributed by atoms with Gasteiger partial charge in [-0.15, -0.1) is 0 Å². The zero-order valence-corrected chi connectivity index (χ0v) is 12.3. The second kappa shape index (κ2) is 6.33. The highest BCUT2D eigenvalue weighted by molar-refractivity contribution is 9.13. The number of hydrogen-bond acceptors (Lipinski definition) is 2. The Morgan fingerprint density at radius 3 is 2.24 bits per heavy atom. The summed E-state index contributed by atoms with van der Waals surface area (Å²) in [7, 11) is -3.39. The molecule has 0 amide bonds. The van der Waals surface area contributed by atoms with Crippen LogP contribution in [-0.2, 0) is 10.0 Å². The zero-order valence-electron chi connectivity index (χ0n) is 9.93. The van der Waals surface area contributed by atoms with Gasteiger partial charge in [-0.3, -0.25) is 0 Å². The van der Waals surface area contributed by atoms with Gasteiger partial charge < -0.3 is 0 Å². The Kier molecular flexibility index (Phi) is 5.36. The average Bonchev–Trinajstić information content (AvgIpc) is 2.31. The summed E-state index contributed by atoms with van der Waals surface area (Å²) in [4.78, 5) is 0. The first-order valence-corrected chi connectivity index (χ1v) is 7.68. The first-order chi connectivity index (χ1) is 8.02. The number of sulfonamides is 1. The number of rotatable bonds is 5. The van der Waals surface area contributed by atoms with E-state index in [1.165, 1.54) is 4.31 Å². The predicted molar refractivity (Wildman–Crippen MR) is 75.2 cm³/mol. The maximum Gasteiger partial charge on any atom is 0.249 e. The van der Waals surface area contributed by atoms with E-state index in [0.29, 0.717) is 13.1 Å². The van der Waals surface area contributed by atoms with Crippen LogP contribution >= 0.6 is 15.9 Å². The molecule has 0 unspecified atom stereocenters. The molecule has 3 nitrogen and oxygen atoms in total. The monoisotopic (exact) mass is 317 g/mol. The molecular weight excluding hydrogens is 302 g/mol. The van der Waals surface area contributed by atoms with Crippen LogP contribution in [0.1, 0.15) is 19.4 Å². The molecule has 0 radical (unpaired) electrons. The zero-order chi connectivity index (χ0) is 12.9. The van der Waals surface area contributed by atoms with Crippen molar-refractivity contribution in [2.24, 2.45) is 0 Å². The van der Waals surface area contributed by atoms with Crippen molar-refractivity contribution in [2.45, 2.75) is 13.8 Å². The first-order valence-electron chi connectivity index (χ1n) is 5.44. The van der Waals surface area contributed by atoms with Gasteiger partial charge in [-0.25, -0.2) is 8.42 Å². The lowest BCUT2D eigenvalue weighted by Crippen LogP contribution is -2.30. The van der Waals surface area contributed by atoms with Crippen LogP contribution < -0.4 is 0 Å². The number of benzene rings is 1. The highest BCUT2D eigenvalue weighted by Gasteiger charge is 2.22. The fourth-order valence-corrected chi connectivity index (χ4v) is 3.53. The summed E-state index contributed by atoms with van der Waals surface area (Å²) in [6.07, 6.45) is 1.62. The van der Waals surface area contributed by atoms with E-state index in [9.17, 15) is 8.42 Å². The summed E-state index contributed by atoms with van der Waals surface area (Å²) in [5.74, 6) is 0. The minimum Gasteiger partial charge on any atom is -0.206 e. The Bertz CT molecular complexity index is 478. The SMILES string of the molecule is CCN(CC)S(=O)(=O)/C(Br)=C/c1ccccc1. The van der Waals surface area contributed by atoms with Crippen LogP contribution in [0.2, 0.25) is 0 Å². The van der Waals surface area contributed by atoms with Crippen molar-refractivity contribution in [2.75, 3.05) is 13.1 Å². The quantitative estimate of drug-likeness (QED) is 0.837. The maximum absolute atomic E-state index is 12.1. The molecule has 0 N–H and O–H groups in total. The normalized spacial score (nSPS) is 13.1. The Morgan fingerprint density at radius 1 is 1.24 bits per heavy atom. The van der Waals surface area contributed by atoms with Gasteiger partial charge in [-0.05, 0) is 27.6 Å². The van der Waals surface area contributed by atoms with Crippen molar-refractivity contribution in [1.82, 2.24) is 4.31 Å². The van der Waals surface area contributed by atoms with Crippen LogP contribution in [0.5, 0.6) is 0 Å². The molecule has 0 aliphatic rings. The summed E-state index contributed by atoms with van der Waals surface area (Å²) >= 11 is 3.15. The Labute approximate surface area is 111 Å². The van der Waals surface area contributed by atoms with Crippen LogP contribution in [0.4, 0.5) is 0 Å². The van der Waals surface area contributed by atoms with Gasteiger partial charge >= 0.3 is 0 Å². The fourth-order valence-electron chi connectivity index (χ4n) is 1.44. The molecule has 0 heterocycles. The van der Waals surface area contributed by atoms with E-state index >= 15 is 0 Å². The van der Waals surface area contributed by atoms with Crippen molar-refractivity contribution in [3.8, 4) is 0 Å². The summed E-state index contributed by atoms with van der Waals surface area (Å²) in [6, 6.07) is 9.36. The molecule has 0 fully saturated rings. The first kappa shape index (κ1) is 14.4. The highest BCUT2D eigenvalue weighted by Crippen LogP contribution is 2.22. The maximum atomic E-state index is 12.1. The van der Waals surface area contributed by atoms with Gasteiger partial charge in [0.05, 0.1) is 0 Å². The number of halogens is 1. The molecule has 0 aromatic heterocycles. The van der Waals surface area contributed by atoms with E-state index in [-0.39, 0.29) is 3.81 Å². The lowest BCUT2D eigenvalue weighted by atomic mass is 10.2. The van der Waals surface area contributed by atoms with E-state index in [1.807, 2.05) is 44.2 Å². The second-order valence-electron chi connectivity index (χ2n) is 3.45. The van der Waals surface area contributed by atoms with Gasteiger partial charge in [-0.2, -0.15) is 4.31 Å². The Hall–Kier alpha value is -0.650. The molecule has 0 aliphatic heterocycles. The molecule has 0 spiro atoms. The minimum atomic E-state index is -3.39. The lowest BCUT2D eigenvalue weighted by molar-refractivity contribution is 0.452. The molecule has 1 aromatic carbocycles. The van der Waals surface area contributed by atoms with Crippen LogP contribution in [0.3, 0.4) is 0 Å². The second-order valence-corrected chi connectivity index (χ2v) is 6.73. The van der Waals surface area contributed by atoms with E-state index < -0.39 is 10.0 Å². The number of nitrogens with zero attached hydrogens (tertiary/aromatic N) is 1. The van der Waals surface area contributed by atoms with Gasteiger partial charge in [0.1, 0.15) is 3.81 Å². The predicted octanol–water partition coefficient (Wildman–Crippen LogP) is 3.05. The molecule has 1 aromatic rings. The topological polar surface area (TPSA) is 37.4 Å². The van der Waals surface area contributed by atoms with Gasteiger partial charge in [0, 0.05) is 13.1 Å². The van der Waals surface area contributed by atoms with E-state index in [1.54, 1.807) is 6.08 Å². The third kappa shape index (κ3) is 3.66. The van der Waals surface area contributed by atoms with Crippen molar-refractivity contribution < 1.29 is 8.42 Å². The molecule has 5 heteroatoms. The molecule has 17 heavy (non-hydrogen) atoms. The summed E-state index contributed by atoms with van der Waals surface area (Å²) in [6.45, 7) is 4.58. The number of hydrogen-bond donors (Lipinski definition) is 0. The molecule has 0 aliphatic carbocycles. The fraction of sp³-hybridized carbons (Fsp3) is 0.333. The summed E-state index contributed by atoms with van der Waals surface area (Å²) < 4.78 is 25.8. The van der Waals surface area contributed by atoms with Gasteiger partial charge in [-0.1, -0.05) is 44.2 Å². The van der Waals surface area contributed by atoms with Gasteiger partial charge in [0.25, 0.3) is 0 Å². The largest absolute Gasteiger partial charge is 0.249 e. The van der Waals surface area contributed by atoms with Crippen LogP contribution in [0.15, 0.2) is 34.1 Å². The molecule has 1 rings (SSSR count). The molecule has 0 saturated heterocycles. The van der Waals surface area contributed by atoms with Crippen molar-refractivity contribution in [3.63, 3.8) is 0 Å². The van der Waals surface area contributed by atoms with Gasteiger partial charge in [0.15, 0.2) is 0 Å². The smallest absolute Gasteiger partial charge is 0.206 e. The standard InChI is InChI=1S/C12H16BrNO2S/c1-3-14(4-2)17(15,16)12(13)10-11-8-6-5-7-9-11/h5-10H,3-4H2,1-2H3/b12-10+. The highest BCUT2D eigenvalue weighted by atomic mass is 79.9. The molecule has 0 saturated carbocycles. The summed E-state index contributed by atoms with van der Waals surface area (Å²) in [5, 5.41) is 0. The van der Waals surface area contributed by atoms with Crippen LogP contribution in [0.25, 0.3) is 6.08 Å². The van der Waals surface area contributed by atoms with Gasteiger partial charge in [0.2, 0.25) is 10.0 Å². The van der Waals surface area contributed by atoms with Crippen molar-refractivity contribution >= 4 is 32.0 Å². The van der Waals surface area contributed by atoms with E-state index in [4.69, 9.17) is 0 Å². The van der Waals surface area contributed by atoms with Crippen molar-refractivity contribution in [3.05, 3.63) is 39.7 Å². The van der Waals surface area contributed by atoms with Crippen LogP contribution in [0, 0.1) is 0 Å². The van der Waals surface area contributed by atoms with Crippen molar-refractivity contribution in [1.29, 1.82) is 0 Å². The third-order valence-corrected chi connectivity index (χ3v) is 5.63. The average molecular weight is 318 g/mol.